The van der Waals surface area contributed by atoms with Crippen LogP contribution in [-0.4, -0.2) is 23.9 Å². The van der Waals surface area contributed by atoms with Crippen LogP contribution in [0.25, 0.3) is 0 Å². The molecule has 0 saturated heterocycles. The maximum Gasteiger partial charge on any atom is 0.234 e. The minimum atomic E-state index is -0.257. The van der Waals surface area contributed by atoms with E-state index in [4.69, 9.17) is 0 Å². The van der Waals surface area contributed by atoms with E-state index >= 15 is 0 Å². The van der Waals surface area contributed by atoms with Crippen LogP contribution in [0.5, 0.6) is 0 Å². The van der Waals surface area contributed by atoms with Gasteiger partial charge in [0.25, 0.3) is 0 Å². The van der Waals surface area contributed by atoms with Crippen molar-refractivity contribution in [2.45, 2.75) is 12.8 Å². The SMILES string of the molecule is C=CCN(CC)C(=O)C(c1ccccc1)c1ccccc1. The summed E-state index contributed by atoms with van der Waals surface area (Å²) >= 11 is 0. The van der Waals surface area contributed by atoms with E-state index in [2.05, 4.69) is 6.58 Å². The summed E-state index contributed by atoms with van der Waals surface area (Å²) in [5.41, 5.74) is 2.05. The lowest BCUT2D eigenvalue weighted by molar-refractivity contribution is -0.131. The molecule has 2 rings (SSSR count). The van der Waals surface area contributed by atoms with Gasteiger partial charge in [0.1, 0.15) is 0 Å². The van der Waals surface area contributed by atoms with Crippen LogP contribution >= 0.6 is 0 Å². The second-order valence-electron chi connectivity index (χ2n) is 4.92. The van der Waals surface area contributed by atoms with Crippen molar-refractivity contribution in [1.82, 2.24) is 4.90 Å². The number of nitrogens with zero attached hydrogens (tertiary/aromatic N) is 1. The van der Waals surface area contributed by atoms with Gasteiger partial charge in [-0.15, -0.1) is 6.58 Å². The van der Waals surface area contributed by atoms with E-state index in [1.165, 1.54) is 0 Å². The van der Waals surface area contributed by atoms with Gasteiger partial charge in [0.05, 0.1) is 5.92 Å². The van der Waals surface area contributed by atoms with Crippen molar-refractivity contribution in [2.24, 2.45) is 0 Å². The highest BCUT2D eigenvalue weighted by Crippen LogP contribution is 2.26. The first-order valence-electron chi connectivity index (χ1n) is 7.27. The molecule has 108 valence electrons. The molecule has 0 fully saturated rings. The Morgan fingerprint density at radius 2 is 1.52 bits per heavy atom. The van der Waals surface area contributed by atoms with E-state index in [1.54, 1.807) is 6.08 Å². The van der Waals surface area contributed by atoms with Gasteiger partial charge in [-0.3, -0.25) is 4.79 Å². The number of hydrogen-bond acceptors (Lipinski definition) is 1. The Labute approximate surface area is 126 Å². The summed E-state index contributed by atoms with van der Waals surface area (Å²) in [4.78, 5) is 14.8. The van der Waals surface area contributed by atoms with E-state index in [0.717, 1.165) is 11.1 Å². The summed E-state index contributed by atoms with van der Waals surface area (Å²) in [5.74, 6) is -0.137. The minimum absolute atomic E-state index is 0.120. The summed E-state index contributed by atoms with van der Waals surface area (Å²) in [6.07, 6.45) is 1.77. The molecular weight excluding hydrogens is 258 g/mol. The zero-order valence-corrected chi connectivity index (χ0v) is 12.4. The highest BCUT2D eigenvalue weighted by molar-refractivity contribution is 5.87. The predicted molar refractivity (Wildman–Crippen MR) is 87.2 cm³/mol. The molecular formula is C19H21NO. The van der Waals surface area contributed by atoms with Crippen LogP contribution in [0.15, 0.2) is 73.3 Å². The zero-order chi connectivity index (χ0) is 15.1. The van der Waals surface area contributed by atoms with Gasteiger partial charge in [-0.1, -0.05) is 66.7 Å². The van der Waals surface area contributed by atoms with Crippen molar-refractivity contribution in [3.8, 4) is 0 Å². The number of likely N-dealkylation sites (N-methyl/N-ethyl adjacent to an activating group) is 1. The van der Waals surface area contributed by atoms with E-state index in [0.29, 0.717) is 13.1 Å². The molecule has 0 unspecified atom stereocenters. The molecule has 2 aromatic rings. The fourth-order valence-corrected chi connectivity index (χ4v) is 2.48. The highest BCUT2D eigenvalue weighted by atomic mass is 16.2. The third-order valence-electron chi connectivity index (χ3n) is 3.56. The number of benzene rings is 2. The second-order valence-corrected chi connectivity index (χ2v) is 4.92. The Kier molecular flexibility index (Phi) is 5.33. The molecule has 0 atom stereocenters. The molecule has 0 radical (unpaired) electrons. The fraction of sp³-hybridized carbons (Fsp3) is 0.211. The van der Waals surface area contributed by atoms with Gasteiger partial charge in [0, 0.05) is 13.1 Å². The van der Waals surface area contributed by atoms with Crippen molar-refractivity contribution in [2.75, 3.05) is 13.1 Å². The first kappa shape index (κ1) is 15.0. The largest absolute Gasteiger partial charge is 0.338 e. The first-order chi connectivity index (χ1) is 10.3. The predicted octanol–water partition coefficient (Wildman–Crippen LogP) is 3.85. The number of hydrogen-bond donors (Lipinski definition) is 0. The van der Waals surface area contributed by atoms with E-state index in [1.807, 2.05) is 72.5 Å². The Bertz CT molecular complexity index is 538. The molecule has 0 spiro atoms. The lowest BCUT2D eigenvalue weighted by atomic mass is 9.90. The van der Waals surface area contributed by atoms with Gasteiger partial charge in [-0.2, -0.15) is 0 Å². The smallest absolute Gasteiger partial charge is 0.234 e. The third kappa shape index (κ3) is 3.60. The highest BCUT2D eigenvalue weighted by Gasteiger charge is 2.25. The van der Waals surface area contributed by atoms with Crippen molar-refractivity contribution in [3.63, 3.8) is 0 Å². The van der Waals surface area contributed by atoms with Crippen molar-refractivity contribution < 1.29 is 4.79 Å². The van der Waals surface area contributed by atoms with Crippen LogP contribution in [0.3, 0.4) is 0 Å². The lowest BCUT2D eigenvalue weighted by Gasteiger charge is -2.26. The summed E-state index contributed by atoms with van der Waals surface area (Å²) in [5, 5.41) is 0. The molecule has 1 amide bonds. The molecule has 0 aliphatic rings. The average Bonchev–Trinajstić information content (AvgIpc) is 2.55. The minimum Gasteiger partial charge on any atom is -0.338 e. The molecule has 0 aliphatic carbocycles. The maximum atomic E-state index is 12.9. The third-order valence-corrected chi connectivity index (χ3v) is 3.56. The molecule has 0 N–H and O–H groups in total. The van der Waals surface area contributed by atoms with Crippen LogP contribution in [0.4, 0.5) is 0 Å². The number of carbonyl (C=O) groups excluding carboxylic acids is 1. The summed E-state index contributed by atoms with van der Waals surface area (Å²) in [6, 6.07) is 19.9. The fourth-order valence-electron chi connectivity index (χ4n) is 2.48. The molecule has 2 nitrogen and oxygen atoms in total. The first-order valence-corrected chi connectivity index (χ1v) is 7.27. The number of rotatable bonds is 6. The van der Waals surface area contributed by atoms with Crippen LogP contribution in [0, 0.1) is 0 Å². The maximum absolute atomic E-state index is 12.9. The van der Waals surface area contributed by atoms with Crippen LogP contribution in [0.1, 0.15) is 24.0 Å². The van der Waals surface area contributed by atoms with Crippen LogP contribution in [-0.2, 0) is 4.79 Å². The number of carbonyl (C=O) groups is 1. The Morgan fingerprint density at radius 3 is 1.90 bits per heavy atom. The van der Waals surface area contributed by atoms with Gasteiger partial charge < -0.3 is 4.90 Å². The monoisotopic (exact) mass is 279 g/mol. The van der Waals surface area contributed by atoms with Crippen LogP contribution in [0.2, 0.25) is 0 Å². The van der Waals surface area contributed by atoms with Gasteiger partial charge >= 0.3 is 0 Å². The zero-order valence-electron chi connectivity index (χ0n) is 12.4. The van der Waals surface area contributed by atoms with E-state index < -0.39 is 0 Å². The topological polar surface area (TPSA) is 20.3 Å². The molecule has 0 saturated carbocycles. The molecule has 2 heteroatoms. The van der Waals surface area contributed by atoms with Gasteiger partial charge in [-0.25, -0.2) is 0 Å². The molecule has 0 heterocycles. The van der Waals surface area contributed by atoms with Crippen molar-refractivity contribution in [1.29, 1.82) is 0 Å². The second kappa shape index (κ2) is 7.44. The Balaban J connectivity index is 2.41. The summed E-state index contributed by atoms with van der Waals surface area (Å²) in [6.45, 7) is 6.99. The summed E-state index contributed by atoms with van der Waals surface area (Å²) in [7, 11) is 0. The molecule has 0 bridgehead atoms. The molecule has 0 aromatic heterocycles. The number of amides is 1. The average molecular weight is 279 g/mol. The normalized spacial score (nSPS) is 10.4. The Morgan fingerprint density at radius 1 is 1.05 bits per heavy atom. The van der Waals surface area contributed by atoms with Crippen molar-refractivity contribution in [3.05, 3.63) is 84.4 Å². The van der Waals surface area contributed by atoms with Gasteiger partial charge in [-0.05, 0) is 18.1 Å². The van der Waals surface area contributed by atoms with Crippen LogP contribution < -0.4 is 0 Å². The van der Waals surface area contributed by atoms with E-state index in [-0.39, 0.29) is 11.8 Å². The molecule has 21 heavy (non-hydrogen) atoms. The standard InChI is InChI=1S/C19H21NO/c1-3-15-20(4-2)19(21)18(16-11-7-5-8-12-16)17-13-9-6-10-14-17/h3,5-14,18H,1,4,15H2,2H3. The lowest BCUT2D eigenvalue weighted by Crippen LogP contribution is -2.35. The van der Waals surface area contributed by atoms with Gasteiger partial charge in [0.15, 0.2) is 0 Å². The van der Waals surface area contributed by atoms with Gasteiger partial charge in [0.2, 0.25) is 5.91 Å². The quantitative estimate of drug-likeness (QED) is 0.735. The summed E-state index contributed by atoms with van der Waals surface area (Å²) < 4.78 is 0. The van der Waals surface area contributed by atoms with E-state index in [9.17, 15) is 4.79 Å². The molecule has 2 aromatic carbocycles. The van der Waals surface area contributed by atoms with Crippen molar-refractivity contribution >= 4 is 5.91 Å². The Hall–Kier alpha value is -2.35. The molecule has 0 aliphatic heterocycles.